The van der Waals surface area contributed by atoms with Crippen molar-refractivity contribution in [3.05, 3.63) is 10.1 Å². The molecule has 0 heterocycles. The van der Waals surface area contributed by atoms with Crippen LogP contribution in [0.15, 0.2) is 0 Å². The normalized spacial score (nSPS) is 4.80. The van der Waals surface area contributed by atoms with E-state index >= 15 is 0 Å². The van der Waals surface area contributed by atoms with Crippen LogP contribution in [0, 0.1) is 10.1 Å². The van der Waals surface area contributed by atoms with Crippen LogP contribution in [0.4, 0.5) is 0 Å². The zero-order chi connectivity index (χ0) is 3.58. The van der Waals surface area contributed by atoms with Crippen LogP contribution in [-0.2, 0) is 0 Å². The van der Waals surface area contributed by atoms with Gasteiger partial charge in [0.15, 0.2) is 0 Å². The Morgan fingerprint density at radius 1 is 2.00 bits per heavy atom. The fourth-order valence-electron chi connectivity index (χ4n) is 0. The van der Waals surface area contributed by atoms with E-state index in [1.54, 1.807) is 0 Å². The molecule has 0 aliphatic heterocycles. The SMILES string of the molecule is O=[N+]([O-])O.[H+].[Na+]. The van der Waals surface area contributed by atoms with Crippen LogP contribution >= 0.6 is 0 Å². The molecule has 0 unspecified atom stereocenters. The van der Waals surface area contributed by atoms with Crippen molar-refractivity contribution in [1.29, 1.82) is 0 Å². The van der Waals surface area contributed by atoms with Crippen LogP contribution in [0.5, 0.6) is 0 Å². The van der Waals surface area contributed by atoms with Gasteiger partial charge in [-0.3, -0.25) is 0 Å². The summed E-state index contributed by atoms with van der Waals surface area (Å²) in [5.41, 5.74) is 0. The van der Waals surface area contributed by atoms with E-state index in [9.17, 15) is 0 Å². The van der Waals surface area contributed by atoms with Crippen LogP contribution in [-0.4, -0.2) is 10.3 Å². The van der Waals surface area contributed by atoms with Gasteiger partial charge in [-0.1, -0.05) is 0 Å². The average Bonchev–Trinajstić information content (AvgIpc) is 0.811. The summed E-state index contributed by atoms with van der Waals surface area (Å²) in [4.78, 5) is 8.36. The second-order valence-electron chi connectivity index (χ2n) is 0.238. The monoisotopic (exact) mass is 87.0 g/mol. The first-order valence-corrected chi connectivity index (χ1v) is 0.565. The molecule has 0 amide bonds. The Balaban J connectivity index is -0.0000000450. The van der Waals surface area contributed by atoms with Crippen LogP contribution in [0.2, 0.25) is 0 Å². The quantitative estimate of drug-likeness (QED) is 0.192. The second kappa shape index (κ2) is 4.20. The van der Waals surface area contributed by atoms with Crippen molar-refractivity contribution in [2.24, 2.45) is 0 Å². The van der Waals surface area contributed by atoms with E-state index in [0.29, 0.717) is 0 Å². The van der Waals surface area contributed by atoms with Crippen molar-refractivity contribution in [3.8, 4) is 0 Å². The number of hydrogen-bond donors (Lipinski definition) is 1. The molecule has 0 aromatic rings. The Bertz CT molecular complexity index is 33.8. The molecule has 0 rings (SSSR count). The van der Waals surface area contributed by atoms with Crippen molar-refractivity contribution in [2.45, 2.75) is 0 Å². The van der Waals surface area contributed by atoms with Crippen molar-refractivity contribution >= 4 is 0 Å². The summed E-state index contributed by atoms with van der Waals surface area (Å²) in [6, 6.07) is 0. The van der Waals surface area contributed by atoms with Crippen molar-refractivity contribution < 1.29 is 41.3 Å². The summed E-state index contributed by atoms with van der Waals surface area (Å²) in [6.07, 6.45) is 0. The average molecular weight is 87.0 g/mol. The minimum absolute atomic E-state index is 0. The topological polar surface area (TPSA) is 63.4 Å². The number of nitrogens with zero attached hydrogens (tertiary/aromatic N) is 1. The van der Waals surface area contributed by atoms with E-state index in [-0.39, 0.29) is 31.0 Å². The molecule has 0 atom stereocenters. The van der Waals surface area contributed by atoms with Gasteiger partial charge in [-0.25, -0.2) is 0 Å². The van der Waals surface area contributed by atoms with E-state index in [1.165, 1.54) is 0 Å². The predicted molar refractivity (Wildman–Crippen MR) is 9.89 cm³/mol. The number of hydrogen-bond acceptors (Lipinski definition) is 2. The molecule has 0 aromatic carbocycles. The molecule has 0 aromatic heterocycles. The van der Waals surface area contributed by atoms with E-state index < -0.39 is 5.09 Å². The van der Waals surface area contributed by atoms with Crippen molar-refractivity contribution in [1.82, 2.24) is 0 Å². The molecule has 1 N–H and O–H groups in total. The third kappa shape index (κ3) is 508. The van der Waals surface area contributed by atoms with Crippen molar-refractivity contribution in [2.75, 3.05) is 0 Å². The summed E-state index contributed by atoms with van der Waals surface area (Å²) in [6.45, 7) is 0. The molecule has 24 valence electrons. The van der Waals surface area contributed by atoms with Gasteiger partial charge in [0.05, 0.1) is 0 Å². The molecule has 0 aliphatic rings. The zero-order valence-corrected chi connectivity index (χ0v) is 4.71. The predicted octanol–water partition coefficient (Wildman–Crippen LogP) is -3.23. The van der Waals surface area contributed by atoms with Gasteiger partial charge in [-0.15, -0.1) is 10.1 Å². The Kier molecular flexibility index (Phi) is 7.52. The largest absolute Gasteiger partial charge is 1.00 e. The van der Waals surface area contributed by atoms with Crippen molar-refractivity contribution in [3.63, 3.8) is 0 Å². The van der Waals surface area contributed by atoms with E-state index in [4.69, 9.17) is 15.3 Å². The van der Waals surface area contributed by atoms with Crippen LogP contribution in [0.25, 0.3) is 0 Å². The summed E-state index contributed by atoms with van der Waals surface area (Å²) < 4.78 is 0. The van der Waals surface area contributed by atoms with Gasteiger partial charge in [-0.05, 0) is 0 Å². The molecular formula is H2NNaO3+2. The maximum Gasteiger partial charge on any atom is 1.00 e. The van der Waals surface area contributed by atoms with Crippen LogP contribution < -0.4 is 29.6 Å². The third-order valence-electron chi connectivity index (χ3n) is 0. The molecule has 0 saturated heterocycles. The molecule has 0 fully saturated rings. The molecule has 5 heavy (non-hydrogen) atoms. The fourth-order valence-corrected chi connectivity index (χ4v) is 0. The molecule has 0 radical (unpaired) electrons. The van der Waals surface area contributed by atoms with Crippen LogP contribution in [0.3, 0.4) is 0 Å². The van der Waals surface area contributed by atoms with Gasteiger partial charge < -0.3 is 5.21 Å². The molecule has 0 spiro atoms. The Morgan fingerprint density at radius 3 is 2.00 bits per heavy atom. The smallest absolute Gasteiger partial charge is 0.328 e. The molecular weight excluding hydrogens is 85.0 g/mol. The van der Waals surface area contributed by atoms with Gasteiger partial charge in [0.2, 0.25) is 0 Å². The Hall–Kier alpha value is 0.200. The first kappa shape index (κ1) is 8.96. The zero-order valence-electron chi connectivity index (χ0n) is 3.71. The van der Waals surface area contributed by atoms with Gasteiger partial charge in [-0.2, -0.15) is 0 Å². The molecule has 4 nitrogen and oxygen atoms in total. The molecule has 0 bridgehead atoms. The molecule has 0 aliphatic carbocycles. The fraction of sp³-hybridized carbons (Fsp3) is 0. The van der Waals surface area contributed by atoms with E-state index in [1.807, 2.05) is 0 Å². The standard InChI is InChI=1S/HNO3.Na/c2-1(3)4;/h(H,2,3,4);/q;+1/p+1. The Morgan fingerprint density at radius 2 is 2.00 bits per heavy atom. The minimum Gasteiger partial charge on any atom is -0.328 e. The first-order chi connectivity index (χ1) is 1.73. The van der Waals surface area contributed by atoms with E-state index in [0.717, 1.165) is 0 Å². The summed E-state index contributed by atoms with van der Waals surface area (Å²) in [7, 11) is 0. The minimum atomic E-state index is -1.50. The number of rotatable bonds is 0. The van der Waals surface area contributed by atoms with Gasteiger partial charge >= 0.3 is 31.0 Å². The maximum absolute atomic E-state index is 8.36. The van der Waals surface area contributed by atoms with Gasteiger partial charge in [0, 0.05) is 0 Å². The van der Waals surface area contributed by atoms with Gasteiger partial charge in [0.1, 0.15) is 0 Å². The first-order valence-electron chi connectivity index (χ1n) is 0.565. The third-order valence-corrected chi connectivity index (χ3v) is 0. The summed E-state index contributed by atoms with van der Waals surface area (Å²) in [5, 5.41) is 13.6. The van der Waals surface area contributed by atoms with Crippen LogP contribution in [0.1, 0.15) is 1.43 Å². The maximum atomic E-state index is 8.36. The summed E-state index contributed by atoms with van der Waals surface area (Å²) >= 11 is 0. The van der Waals surface area contributed by atoms with Gasteiger partial charge in [0.25, 0.3) is 5.09 Å². The molecule has 0 saturated carbocycles. The molecule has 5 heteroatoms. The second-order valence-corrected chi connectivity index (χ2v) is 0.238. The van der Waals surface area contributed by atoms with E-state index in [2.05, 4.69) is 0 Å². The summed E-state index contributed by atoms with van der Waals surface area (Å²) in [5.74, 6) is 0. The Labute approximate surface area is 51.7 Å².